The molecule has 10 aromatic rings. The van der Waals surface area contributed by atoms with Crippen LogP contribution in [0.4, 0.5) is 0 Å². The highest BCUT2D eigenvalue weighted by molar-refractivity contribution is 5.71. The lowest BCUT2D eigenvalue weighted by Gasteiger charge is -2.40. The monoisotopic (exact) mass is 1470 g/mol. The Balaban J connectivity index is 0.000000132. The number of pyridine rings is 5. The summed E-state index contributed by atoms with van der Waals surface area (Å²) < 4.78 is 116. The van der Waals surface area contributed by atoms with Crippen molar-refractivity contribution in [3.8, 4) is 56.3 Å². The summed E-state index contributed by atoms with van der Waals surface area (Å²) in [6, 6.07) is 42.7. The molecule has 5 nitrogen and oxygen atoms in total. The molecule has 5 heteroatoms. The molecule has 0 radical (unpaired) electrons. The molecule has 5 aromatic carbocycles. The van der Waals surface area contributed by atoms with E-state index in [1.54, 1.807) is 42.0 Å². The van der Waals surface area contributed by atoms with Gasteiger partial charge >= 0.3 is 0 Å². The molecule has 7 aliphatic rings. The zero-order chi connectivity index (χ0) is 89.9. The van der Waals surface area contributed by atoms with Crippen molar-refractivity contribution in [2.24, 2.45) is 40.7 Å². The van der Waals surface area contributed by atoms with Crippen LogP contribution in [0.5, 0.6) is 0 Å². The fourth-order valence-electron chi connectivity index (χ4n) is 19.7. The standard InChI is InChI=1S/C22H30N.C21H26N.2C21H28N.C19H22N/c1-15-8-9-17(16(2)12-15)20-13-18-19(14-23(20)7)22(5,6)11-10-21(18,3)4;1-13-6-7-15(14(2)12-13)20-19-16(10-11-22(20)5)17-8-9-18(19)21(17,3)4;1-14-7-8-17(16(3)11-14)20-12-18-15(2)9-10-21(4,5)19(18)13-22(20)6;1-15-9-7-8-10-16(15)19-13-17-18(14-22(19)6)21(4,5)12-11-20(17,2)3;1-12-4-7-16(13(2)10-12)19-18-15-6-5-14(11-15)17(18)8-9-20(19)3/h8-9,12-14H,10-11H2,1-7H3;6-7,10-12,17-18H,8-9H2,1-5H3;7-8,11-13,15H,9-10H2,1-6H3;7-10,13-14H,11-12H2,1-6H3;4,7-10,14-15H,5-6,11H2,1-3H3/q5*+1/i1D3;1D3,17D,18D;;;1D3,14D,15D. The van der Waals surface area contributed by atoms with Gasteiger partial charge in [-0.3, -0.25) is 0 Å². The Hall–Kier alpha value is -8.15. The lowest BCUT2D eigenvalue weighted by atomic mass is 9.63. The summed E-state index contributed by atoms with van der Waals surface area (Å²) in [4.78, 5) is 0. The summed E-state index contributed by atoms with van der Waals surface area (Å²) in [6.45, 7) is 36.2. The summed E-state index contributed by atoms with van der Waals surface area (Å²) in [7, 11) is 10.4. The van der Waals surface area contributed by atoms with Gasteiger partial charge in [-0.05, 0) is 281 Å². The van der Waals surface area contributed by atoms with Gasteiger partial charge in [-0.1, -0.05) is 179 Å². The number of rotatable bonds is 5. The van der Waals surface area contributed by atoms with E-state index in [-0.39, 0.29) is 21.7 Å². The van der Waals surface area contributed by atoms with Crippen molar-refractivity contribution < 1.29 is 40.7 Å². The number of hydrogen-bond donors (Lipinski definition) is 0. The minimum Gasteiger partial charge on any atom is -0.201 e. The van der Waals surface area contributed by atoms with Crippen LogP contribution >= 0.6 is 0 Å². The van der Waals surface area contributed by atoms with E-state index >= 15 is 0 Å². The number of aryl methyl sites for hydroxylation is 14. The molecule has 5 heterocycles. The molecule has 5 aromatic heterocycles. The van der Waals surface area contributed by atoms with Crippen molar-refractivity contribution in [3.05, 3.63) is 264 Å². The van der Waals surface area contributed by atoms with Crippen molar-refractivity contribution in [2.75, 3.05) is 0 Å². The Bertz CT molecular complexity index is 5800. The highest BCUT2D eigenvalue weighted by Gasteiger charge is 2.54. The predicted octanol–water partition coefficient (Wildman–Crippen LogP) is 23.9. The van der Waals surface area contributed by atoms with Crippen LogP contribution in [0.25, 0.3) is 56.3 Å². The average Bonchev–Trinajstić information content (AvgIpc) is 1.50. The van der Waals surface area contributed by atoms with Gasteiger partial charge < -0.3 is 0 Å². The first-order valence-corrected chi connectivity index (χ1v) is 40.4. The lowest BCUT2D eigenvalue weighted by Crippen LogP contribution is -2.40. The van der Waals surface area contributed by atoms with E-state index in [9.17, 15) is 2.74 Å². The number of benzene rings is 5. The minimum absolute atomic E-state index is 0.153. The molecule has 0 aliphatic heterocycles. The van der Waals surface area contributed by atoms with Gasteiger partial charge in [-0.25, -0.2) is 22.8 Å². The fourth-order valence-corrected chi connectivity index (χ4v) is 19.7. The molecule has 5 atom stereocenters. The first-order chi connectivity index (χ1) is 56.2. The zero-order valence-electron chi connectivity index (χ0n) is 83.6. The summed E-state index contributed by atoms with van der Waals surface area (Å²) >= 11 is 0. The van der Waals surface area contributed by atoms with Crippen molar-refractivity contribution in [2.45, 2.75) is 279 Å². The maximum absolute atomic E-state index is 9.36. The van der Waals surface area contributed by atoms with Crippen LogP contribution in [0.1, 0.15) is 314 Å². The normalized spacial score (nSPS) is 25.7. The van der Waals surface area contributed by atoms with E-state index in [4.69, 9.17) is 15.1 Å². The molecule has 2 saturated carbocycles. The van der Waals surface area contributed by atoms with Crippen molar-refractivity contribution in [1.82, 2.24) is 0 Å². The second-order valence-electron chi connectivity index (χ2n) is 37.5. The summed E-state index contributed by atoms with van der Waals surface area (Å²) in [5.41, 5.74) is 32.8. The average molecular weight is 1470 g/mol. The molecule has 5 unspecified atom stereocenters. The lowest BCUT2D eigenvalue weighted by molar-refractivity contribution is -0.661. The first kappa shape index (κ1) is 63.5. The van der Waals surface area contributed by atoms with E-state index in [0.29, 0.717) is 53.7 Å². The zero-order valence-corrected chi connectivity index (χ0v) is 70.6. The molecule has 2 fully saturated rings. The molecular weight excluding hydrogens is 1320 g/mol. The van der Waals surface area contributed by atoms with Gasteiger partial charge in [0, 0.05) is 104 Å². The maximum Gasteiger partial charge on any atom is 0.216 e. The van der Waals surface area contributed by atoms with Crippen LogP contribution in [0.15, 0.2) is 158 Å². The summed E-state index contributed by atoms with van der Waals surface area (Å²) in [6.07, 6.45) is 21.8. The van der Waals surface area contributed by atoms with Crippen LogP contribution in [0, 0.1) is 67.5 Å². The third-order valence-electron chi connectivity index (χ3n) is 26.8. The Morgan fingerprint density at radius 2 is 0.734 bits per heavy atom. The smallest absolute Gasteiger partial charge is 0.201 e. The third-order valence-corrected chi connectivity index (χ3v) is 26.8. The van der Waals surface area contributed by atoms with E-state index in [1.165, 1.54) is 106 Å². The molecule has 4 bridgehead atoms. The Kier molecular flexibility index (Phi) is 17.2. The third kappa shape index (κ3) is 15.0. The van der Waals surface area contributed by atoms with Gasteiger partial charge in [0.2, 0.25) is 28.5 Å². The minimum atomic E-state index is -2.13. The number of hydrogen-bond acceptors (Lipinski definition) is 0. The first-order valence-electron chi connectivity index (χ1n) is 46.9. The molecule has 0 saturated heterocycles. The maximum atomic E-state index is 9.36. The van der Waals surface area contributed by atoms with Crippen LogP contribution in [-0.4, -0.2) is 0 Å². The van der Waals surface area contributed by atoms with Crippen molar-refractivity contribution >= 4 is 0 Å². The van der Waals surface area contributed by atoms with Crippen LogP contribution in [-0.2, 0) is 62.3 Å². The van der Waals surface area contributed by atoms with Crippen LogP contribution < -0.4 is 22.8 Å². The predicted molar refractivity (Wildman–Crippen MR) is 457 cm³/mol. The highest BCUT2D eigenvalue weighted by atomic mass is 15.0. The van der Waals surface area contributed by atoms with Gasteiger partial charge in [0.05, 0.1) is 0 Å². The van der Waals surface area contributed by atoms with Gasteiger partial charge in [-0.2, -0.15) is 0 Å². The number of fused-ring (bicyclic) bond motifs is 13. The fraction of sp³-hybridized carbons (Fsp3) is 0.471. The quantitative estimate of drug-likeness (QED) is 0.153. The largest absolute Gasteiger partial charge is 0.216 e. The van der Waals surface area contributed by atoms with Crippen LogP contribution in [0.3, 0.4) is 0 Å². The Morgan fingerprint density at radius 3 is 1.22 bits per heavy atom. The topological polar surface area (TPSA) is 19.4 Å². The molecule has 0 amide bonds. The Morgan fingerprint density at radius 1 is 0.339 bits per heavy atom. The van der Waals surface area contributed by atoms with Gasteiger partial charge in [-0.15, -0.1) is 0 Å². The van der Waals surface area contributed by atoms with Gasteiger partial charge in [0.15, 0.2) is 31.0 Å². The van der Waals surface area contributed by atoms with E-state index in [1.807, 2.05) is 101 Å². The molecule has 17 rings (SSSR count). The van der Waals surface area contributed by atoms with E-state index in [2.05, 4.69) is 211 Å². The Labute approximate surface area is 677 Å². The SMILES string of the molecule is Cc1ccc(-c2cc3c(c[n+]2C)C(C)(C)CCC3C)c(C)c1.Cc1ccccc1-c1cc2c(c[n+]1C)C(C)(C)CCC2(C)C.[2H]C([2H])([2H])c1ccc(-c2c3c(cc[n+]2C)C2([2H])CCC3([2H])C2(C)C)c(C)c1.[2H]C([2H])([2H])c1ccc(-c2c3c(cc[n+]2C)C2([2H])CCC3([2H])C2)c(C)c1.[2H]C([2H])([2H])c1ccc(-c2cc3c(c[n+]2C)C(C)(C)CCC3(C)C)c(C)c1. The van der Waals surface area contributed by atoms with Crippen LogP contribution in [0.2, 0.25) is 0 Å². The highest BCUT2D eigenvalue weighted by Crippen LogP contribution is 2.66. The van der Waals surface area contributed by atoms with Gasteiger partial charge in [0.1, 0.15) is 35.2 Å². The second-order valence-corrected chi connectivity index (χ2v) is 37.5. The molecule has 0 N–H and O–H groups in total. The summed E-state index contributed by atoms with van der Waals surface area (Å²) in [5.74, 6) is -2.26. The number of nitrogens with zero attached hydrogens (tertiary/aromatic N) is 5. The van der Waals surface area contributed by atoms with E-state index < -0.39 is 49.5 Å². The van der Waals surface area contributed by atoms with Gasteiger partial charge in [0.25, 0.3) is 0 Å². The molecule has 570 valence electrons. The molecule has 7 aliphatic carbocycles. The summed E-state index contributed by atoms with van der Waals surface area (Å²) in [5, 5.41) is 0. The molecule has 0 spiro atoms. The number of aromatic nitrogens is 5. The van der Waals surface area contributed by atoms with Crippen molar-refractivity contribution in [1.29, 1.82) is 0 Å². The molecular formula is C104H134N5+5. The second kappa shape index (κ2) is 29.5. The van der Waals surface area contributed by atoms with E-state index in [0.717, 1.165) is 79.1 Å². The van der Waals surface area contributed by atoms with Crippen molar-refractivity contribution in [3.63, 3.8) is 0 Å². The molecule has 109 heavy (non-hydrogen) atoms.